The van der Waals surface area contributed by atoms with E-state index >= 15 is 0 Å². The summed E-state index contributed by atoms with van der Waals surface area (Å²) in [5.74, 6) is 1.56. The average molecular weight is 418 g/mol. The van der Waals surface area contributed by atoms with Gasteiger partial charge in [-0.25, -0.2) is 4.98 Å². The van der Waals surface area contributed by atoms with Crippen molar-refractivity contribution in [1.29, 1.82) is 0 Å². The monoisotopic (exact) mass is 417 g/mol. The molecule has 0 atom stereocenters. The Balaban J connectivity index is 1.47. The second-order valence-corrected chi connectivity index (χ2v) is 7.73. The van der Waals surface area contributed by atoms with Crippen LogP contribution < -0.4 is 0 Å². The predicted molar refractivity (Wildman–Crippen MR) is 113 cm³/mol. The summed E-state index contributed by atoms with van der Waals surface area (Å²) in [6.45, 7) is 6.75. The largest absolute Gasteiger partial charge is 0.441 e. The molecule has 2 aromatic rings. The molecule has 0 saturated carbocycles. The normalized spacial score (nSPS) is 14.8. The van der Waals surface area contributed by atoms with Gasteiger partial charge in [0.25, 0.3) is 0 Å². The number of likely N-dealkylation sites (tertiary alicyclic amines) is 1. The van der Waals surface area contributed by atoms with Crippen molar-refractivity contribution in [2.75, 3.05) is 26.2 Å². The SMILES string of the molecule is CCN(CC)C(=O)C1CCN(C(=O)CCc2ncc(-c3ccc(Cl)cc3)o2)CC1. The molecular formula is C22H28ClN3O3. The van der Waals surface area contributed by atoms with Crippen molar-refractivity contribution in [3.05, 3.63) is 41.4 Å². The van der Waals surface area contributed by atoms with E-state index in [1.165, 1.54) is 0 Å². The van der Waals surface area contributed by atoms with Crippen LogP contribution in [-0.4, -0.2) is 52.8 Å². The quantitative estimate of drug-likeness (QED) is 0.682. The summed E-state index contributed by atoms with van der Waals surface area (Å²) in [6, 6.07) is 7.36. The smallest absolute Gasteiger partial charge is 0.225 e. The zero-order valence-corrected chi connectivity index (χ0v) is 17.8. The van der Waals surface area contributed by atoms with Crippen LogP contribution in [0.15, 0.2) is 34.9 Å². The standard InChI is InChI=1S/C22H28ClN3O3/c1-3-25(4-2)22(28)17-11-13-26(14-12-17)21(27)10-9-20-24-15-19(29-20)16-5-7-18(23)8-6-16/h5-8,15,17H,3-4,9-14H2,1-2H3. The molecule has 1 aliphatic heterocycles. The minimum atomic E-state index is 0.0348. The Bertz CT molecular complexity index is 822. The Morgan fingerprint density at radius 1 is 1.17 bits per heavy atom. The highest BCUT2D eigenvalue weighted by Gasteiger charge is 2.29. The Hall–Kier alpha value is -2.34. The molecule has 1 aromatic carbocycles. The van der Waals surface area contributed by atoms with Crippen LogP contribution in [0.1, 0.15) is 39.0 Å². The van der Waals surface area contributed by atoms with Crippen LogP contribution in [0.5, 0.6) is 0 Å². The number of carbonyl (C=O) groups is 2. The summed E-state index contributed by atoms with van der Waals surface area (Å²) in [5, 5.41) is 0.668. The molecule has 0 spiro atoms. The molecule has 0 aliphatic carbocycles. The fourth-order valence-electron chi connectivity index (χ4n) is 3.71. The van der Waals surface area contributed by atoms with Crippen LogP contribution in [-0.2, 0) is 16.0 Å². The van der Waals surface area contributed by atoms with Gasteiger partial charge in [-0.05, 0) is 51.0 Å². The highest BCUT2D eigenvalue weighted by atomic mass is 35.5. The fourth-order valence-corrected chi connectivity index (χ4v) is 3.84. The van der Waals surface area contributed by atoms with Gasteiger partial charge in [-0.1, -0.05) is 11.6 Å². The van der Waals surface area contributed by atoms with Crippen LogP contribution in [0, 0.1) is 5.92 Å². The van der Waals surface area contributed by atoms with E-state index in [1.807, 2.05) is 35.8 Å². The molecule has 3 rings (SSSR count). The number of nitrogens with zero attached hydrogens (tertiary/aromatic N) is 3. The van der Waals surface area contributed by atoms with E-state index in [0.717, 1.165) is 31.5 Å². The van der Waals surface area contributed by atoms with E-state index in [2.05, 4.69) is 4.98 Å². The second-order valence-electron chi connectivity index (χ2n) is 7.29. The number of rotatable bonds is 7. The molecule has 0 unspecified atom stereocenters. The van der Waals surface area contributed by atoms with Crippen molar-refractivity contribution in [2.24, 2.45) is 5.92 Å². The average Bonchev–Trinajstić information content (AvgIpc) is 3.22. The summed E-state index contributed by atoms with van der Waals surface area (Å²) >= 11 is 5.91. The third-order valence-electron chi connectivity index (χ3n) is 5.51. The summed E-state index contributed by atoms with van der Waals surface area (Å²) in [6.07, 6.45) is 3.97. The third kappa shape index (κ3) is 5.38. The first kappa shape index (κ1) is 21.4. The van der Waals surface area contributed by atoms with Gasteiger partial charge in [-0.15, -0.1) is 0 Å². The maximum absolute atomic E-state index is 12.6. The number of amides is 2. The number of oxazole rings is 1. The second kappa shape index (κ2) is 9.92. The molecule has 1 aromatic heterocycles. The number of aromatic nitrogens is 1. The van der Waals surface area contributed by atoms with Crippen molar-refractivity contribution >= 4 is 23.4 Å². The summed E-state index contributed by atoms with van der Waals surface area (Å²) in [5.41, 5.74) is 0.902. The maximum Gasteiger partial charge on any atom is 0.225 e. The lowest BCUT2D eigenvalue weighted by Crippen LogP contribution is -2.44. The van der Waals surface area contributed by atoms with Gasteiger partial charge in [0.05, 0.1) is 6.20 Å². The van der Waals surface area contributed by atoms with Gasteiger partial charge in [-0.2, -0.15) is 0 Å². The van der Waals surface area contributed by atoms with E-state index in [-0.39, 0.29) is 17.7 Å². The molecule has 156 valence electrons. The highest BCUT2D eigenvalue weighted by molar-refractivity contribution is 6.30. The first-order valence-electron chi connectivity index (χ1n) is 10.3. The lowest BCUT2D eigenvalue weighted by atomic mass is 9.95. The van der Waals surface area contributed by atoms with Gasteiger partial charge in [0.1, 0.15) is 0 Å². The molecule has 1 aliphatic rings. The minimum Gasteiger partial charge on any atom is -0.441 e. The van der Waals surface area contributed by atoms with Gasteiger partial charge in [-0.3, -0.25) is 9.59 Å². The predicted octanol–water partition coefficient (Wildman–Crippen LogP) is 4.03. The molecule has 7 heteroatoms. The maximum atomic E-state index is 12.6. The van der Waals surface area contributed by atoms with Crippen LogP contribution in [0.2, 0.25) is 5.02 Å². The molecule has 29 heavy (non-hydrogen) atoms. The van der Waals surface area contributed by atoms with Crippen LogP contribution in [0.25, 0.3) is 11.3 Å². The highest BCUT2D eigenvalue weighted by Crippen LogP contribution is 2.24. The van der Waals surface area contributed by atoms with Crippen LogP contribution in [0.3, 0.4) is 0 Å². The van der Waals surface area contributed by atoms with Gasteiger partial charge < -0.3 is 14.2 Å². The van der Waals surface area contributed by atoms with Crippen molar-refractivity contribution in [3.63, 3.8) is 0 Å². The Labute approximate surface area is 176 Å². The molecular weight excluding hydrogens is 390 g/mol. The van der Waals surface area contributed by atoms with Gasteiger partial charge >= 0.3 is 0 Å². The van der Waals surface area contributed by atoms with E-state index in [0.29, 0.717) is 42.6 Å². The fraction of sp³-hybridized carbons (Fsp3) is 0.500. The van der Waals surface area contributed by atoms with Crippen molar-refractivity contribution in [2.45, 2.75) is 39.5 Å². The summed E-state index contributed by atoms with van der Waals surface area (Å²) in [7, 11) is 0. The van der Waals surface area contributed by atoms with Gasteiger partial charge in [0, 0.05) is 55.5 Å². The summed E-state index contributed by atoms with van der Waals surface area (Å²) in [4.78, 5) is 33.1. The van der Waals surface area contributed by atoms with Crippen molar-refractivity contribution in [1.82, 2.24) is 14.8 Å². The first-order valence-corrected chi connectivity index (χ1v) is 10.7. The third-order valence-corrected chi connectivity index (χ3v) is 5.76. The van der Waals surface area contributed by atoms with E-state index in [9.17, 15) is 9.59 Å². The molecule has 2 heterocycles. The number of carbonyl (C=O) groups excluding carboxylic acids is 2. The van der Waals surface area contributed by atoms with Crippen LogP contribution >= 0.6 is 11.6 Å². The van der Waals surface area contributed by atoms with Crippen molar-refractivity contribution < 1.29 is 14.0 Å². The van der Waals surface area contributed by atoms with E-state index in [4.69, 9.17) is 16.0 Å². The van der Waals surface area contributed by atoms with Crippen molar-refractivity contribution in [3.8, 4) is 11.3 Å². The van der Waals surface area contributed by atoms with E-state index < -0.39 is 0 Å². The lowest BCUT2D eigenvalue weighted by Gasteiger charge is -2.33. The topological polar surface area (TPSA) is 66.7 Å². The molecule has 1 saturated heterocycles. The lowest BCUT2D eigenvalue weighted by molar-refractivity contribution is -0.140. The molecule has 6 nitrogen and oxygen atoms in total. The van der Waals surface area contributed by atoms with E-state index in [1.54, 1.807) is 18.3 Å². The summed E-state index contributed by atoms with van der Waals surface area (Å²) < 4.78 is 5.77. The van der Waals surface area contributed by atoms with Crippen LogP contribution in [0.4, 0.5) is 0 Å². The Morgan fingerprint density at radius 3 is 2.45 bits per heavy atom. The molecule has 0 bridgehead atoms. The molecule has 0 radical (unpaired) electrons. The minimum absolute atomic E-state index is 0.0348. The molecule has 0 N–H and O–H groups in total. The number of hydrogen-bond acceptors (Lipinski definition) is 4. The number of benzene rings is 1. The number of aryl methyl sites for hydroxylation is 1. The number of piperidine rings is 1. The Morgan fingerprint density at radius 2 is 1.83 bits per heavy atom. The zero-order chi connectivity index (χ0) is 20.8. The Kier molecular flexibility index (Phi) is 7.31. The molecule has 1 fully saturated rings. The van der Waals surface area contributed by atoms with Gasteiger partial charge in [0.15, 0.2) is 11.7 Å². The zero-order valence-electron chi connectivity index (χ0n) is 17.1. The first-order chi connectivity index (χ1) is 14.0. The van der Waals surface area contributed by atoms with Gasteiger partial charge in [0.2, 0.25) is 11.8 Å². The number of halogens is 1. The number of hydrogen-bond donors (Lipinski definition) is 0. The molecule has 2 amide bonds.